The third-order valence-electron chi connectivity index (χ3n) is 15.3. The van der Waals surface area contributed by atoms with Gasteiger partial charge in [-0.15, -0.1) is 0 Å². The average molecular weight is 1160 g/mol. The van der Waals surface area contributed by atoms with Gasteiger partial charge in [0.1, 0.15) is 165 Å². The molecule has 0 aromatic rings. The van der Waals surface area contributed by atoms with Crippen LogP contribution in [0.15, 0.2) is 0 Å². The highest BCUT2D eigenvalue weighted by Crippen LogP contribution is 2.39. The normalized spacial score (nSPS) is 54.3. The molecule has 21 aliphatic rings. The molecular formula is C45H76O34. The molecule has 34 nitrogen and oxygen atoms in total. The summed E-state index contributed by atoms with van der Waals surface area (Å²) in [6.45, 7) is -2.66. The predicted molar refractivity (Wildman–Crippen MR) is 241 cm³/mol. The highest BCUT2D eigenvalue weighted by Gasteiger charge is 2.59. The zero-order chi connectivity index (χ0) is 57.6. The lowest BCUT2D eigenvalue weighted by Gasteiger charge is -2.50. The topological polar surface area (TPSA) is 534 Å². The minimum atomic E-state index is -2.20. The third kappa shape index (κ3) is 12.8. The van der Waals surface area contributed by atoms with Crippen LogP contribution in [0.4, 0.5) is 0 Å². The zero-order valence-corrected chi connectivity index (χ0v) is 42.4. The van der Waals surface area contributed by atoms with Gasteiger partial charge in [-0.3, -0.25) is 0 Å². The Morgan fingerprint density at radius 2 is 0.354 bits per heavy atom. The van der Waals surface area contributed by atoms with E-state index in [4.69, 9.17) is 66.3 Å². The summed E-state index contributed by atoms with van der Waals surface area (Å²) in [6.07, 6.45) is -68.2. The Labute approximate surface area is 448 Å². The number of aliphatic hydroxyl groups excluding tert-OH is 20. The quantitative estimate of drug-likeness (QED) is 0.107. The summed E-state index contributed by atoms with van der Waals surface area (Å²) >= 11 is 0. The second kappa shape index (κ2) is 26.9. The molecular weight excluding hydrogens is 1080 g/mol. The van der Waals surface area contributed by atoms with Crippen molar-refractivity contribution >= 4 is 0 Å². The van der Waals surface area contributed by atoms with Crippen LogP contribution in [0.5, 0.6) is 0 Å². The SMILES string of the molecule is CC(C)CC1OC2OC3C(CO)OC(OC4C(CO)OC(OC5C(CO)OC(OC6C(CO)OC(OC7C(CO)OC(OC8C(CO)OC(OC1C(O)C2O)C(O)C8O)C(O)C7O)C(O)C6O)C(O)C5O)C(O)C4O)C(O)C3O. The van der Waals surface area contributed by atoms with Crippen molar-refractivity contribution in [3.05, 3.63) is 0 Å². The molecule has 21 heterocycles. The van der Waals surface area contributed by atoms with Crippen LogP contribution < -0.4 is 0 Å². The number of ether oxygens (including phenoxy) is 14. The summed E-state index contributed by atoms with van der Waals surface area (Å²) in [5, 5.41) is 222. The summed E-state index contributed by atoms with van der Waals surface area (Å²) < 4.78 is 80.9. The van der Waals surface area contributed by atoms with Crippen LogP contribution in [0.1, 0.15) is 20.3 Å². The van der Waals surface area contributed by atoms with E-state index in [0.717, 1.165) is 0 Å². The van der Waals surface area contributed by atoms with E-state index in [2.05, 4.69) is 0 Å². The Morgan fingerprint density at radius 1 is 0.215 bits per heavy atom. The third-order valence-corrected chi connectivity index (χ3v) is 15.3. The Kier molecular flexibility index (Phi) is 21.7. The Balaban J connectivity index is 1.09. The van der Waals surface area contributed by atoms with Crippen LogP contribution in [0.25, 0.3) is 0 Å². The molecule has 0 aromatic heterocycles. The molecule has 14 bridgehead atoms. The monoisotopic (exact) mass is 1160 g/mol. The van der Waals surface area contributed by atoms with Gasteiger partial charge in [-0.1, -0.05) is 13.8 Å². The highest BCUT2D eigenvalue weighted by molar-refractivity contribution is 5.02. The molecule has 21 saturated heterocycles. The average Bonchev–Trinajstić information content (AvgIpc) is 3.51. The van der Waals surface area contributed by atoms with Crippen LogP contribution in [0, 0.1) is 5.92 Å². The lowest BCUT2D eigenvalue weighted by molar-refractivity contribution is -0.396. The summed E-state index contributed by atoms with van der Waals surface area (Å²) in [6, 6.07) is 0. The summed E-state index contributed by atoms with van der Waals surface area (Å²) in [5.74, 6) is -0.270. The number of rotatable bonds is 8. The zero-order valence-electron chi connectivity index (χ0n) is 42.4. The Bertz CT molecular complexity index is 1870. The molecule has 21 aliphatic heterocycles. The molecule has 21 fully saturated rings. The molecule has 35 atom stereocenters. The highest BCUT2D eigenvalue weighted by atomic mass is 16.8. The first-order valence-corrected chi connectivity index (χ1v) is 25.9. The number of hydrogen-bond acceptors (Lipinski definition) is 34. The fraction of sp³-hybridized carbons (Fsp3) is 1.00. The minimum Gasteiger partial charge on any atom is -0.394 e. The van der Waals surface area contributed by atoms with Gasteiger partial charge in [0.15, 0.2) is 44.0 Å². The van der Waals surface area contributed by atoms with Crippen molar-refractivity contribution in [1.29, 1.82) is 0 Å². The van der Waals surface area contributed by atoms with Gasteiger partial charge in [0, 0.05) is 0 Å². The Hall–Kier alpha value is -1.36. The van der Waals surface area contributed by atoms with E-state index in [1.165, 1.54) is 0 Å². The number of hydrogen-bond donors (Lipinski definition) is 20. The van der Waals surface area contributed by atoms with Gasteiger partial charge in [-0.05, 0) is 12.3 Å². The fourth-order valence-electron chi connectivity index (χ4n) is 10.9. The first-order valence-electron chi connectivity index (χ1n) is 25.9. The molecule has 0 radical (unpaired) electrons. The minimum absolute atomic E-state index is 0.00880. The first kappa shape index (κ1) is 63.7. The van der Waals surface area contributed by atoms with Crippen LogP contribution in [0.2, 0.25) is 0 Å². The summed E-state index contributed by atoms with van der Waals surface area (Å²) in [5.41, 5.74) is 0. The molecule has 0 saturated carbocycles. The summed E-state index contributed by atoms with van der Waals surface area (Å²) in [4.78, 5) is 0. The van der Waals surface area contributed by atoms with Crippen molar-refractivity contribution in [3.63, 3.8) is 0 Å². The van der Waals surface area contributed by atoms with Crippen LogP contribution in [0.3, 0.4) is 0 Å². The van der Waals surface area contributed by atoms with Crippen molar-refractivity contribution in [1.82, 2.24) is 0 Å². The second-order valence-corrected chi connectivity index (χ2v) is 21.1. The van der Waals surface area contributed by atoms with Gasteiger partial charge in [0.05, 0.1) is 45.7 Å². The molecule has 35 unspecified atom stereocenters. The van der Waals surface area contributed by atoms with Crippen molar-refractivity contribution in [2.24, 2.45) is 5.92 Å². The van der Waals surface area contributed by atoms with E-state index in [-0.39, 0.29) is 12.3 Å². The number of aliphatic hydroxyl groups is 20. The molecule has 34 heteroatoms. The van der Waals surface area contributed by atoms with E-state index in [0.29, 0.717) is 0 Å². The maximum absolute atomic E-state index is 11.6. The van der Waals surface area contributed by atoms with E-state index in [1.54, 1.807) is 13.8 Å². The van der Waals surface area contributed by atoms with E-state index < -0.39 is 255 Å². The maximum atomic E-state index is 11.6. The predicted octanol–water partition coefficient (Wildman–Crippen LogP) is -13.2. The molecule has 0 aromatic carbocycles. The van der Waals surface area contributed by atoms with Gasteiger partial charge in [0.25, 0.3) is 0 Å². The van der Waals surface area contributed by atoms with Crippen LogP contribution >= 0.6 is 0 Å². The van der Waals surface area contributed by atoms with Crippen molar-refractivity contribution in [3.8, 4) is 0 Å². The standard InChI is InChI=1S/C45H76O34/c1-10(2)3-11-32-18(52)25(59)39(66-11)74-33-12(4-46)68-41(27(61)20(33)54)76-35-14(6-48)70-43(29(63)22(35)56)78-37-16(8-50)72-45(31(65)24(37)58)79-38-17(9-51)71-44(30(64)23(38)57)77-36-15(7-49)69-42(28(62)21(36)55)75-34-13(5-47)67-40(73-32)26(60)19(34)53/h10-65H,3-9H2,1-2H3. The van der Waals surface area contributed by atoms with E-state index in [9.17, 15) is 102 Å². The van der Waals surface area contributed by atoms with Gasteiger partial charge < -0.3 is 168 Å². The van der Waals surface area contributed by atoms with Gasteiger partial charge in [0.2, 0.25) is 0 Å². The second-order valence-electron chi connectivity index (χ2n) is 21.1. The Morgan fingerprint density at radius 3 is 0.494 bits per heavy atom. The first-order chi connectivity index (χ1) is 37.5. The fourth-order valence-corrected chi connectivity index (χ4v) is 10.9. The van der Waals surface area contributed by atoms with Gasteiger partial charge in [-0.2, -0.15) is 0 Å². The molecule has 0 aliphatic carbocycles. The van der Waals surface area contributed by atoms with Gasteiger partial charge in [-0.25, -0.2) is 0 Å². The molecule has 460 valence electrons. The maximum Gasteiger partial charge on any atom is 0.187 e. The molecule has 79 heavy (non-hydrogen) atoms. The van der Waals surface area contributed by atoms with Crippen molar-refractivity contribution in [2.75, 3.05) is 39.6 Å². The van der Waals surface area contributed by atoms with Crippen LogP contribution in [-0.2, 0) is 66.3 Å². The molecule has 0 spiro atoms. The molecule has 0 amide bonds. The van der Waals surface area contributed by atoms with Gasteiger partial charge >= 0.3 is 0 Å². The van der Waals surface area contributed by atoms with Crippen molar-refractivity contribution < 1.29 is 168 Å². The lowest BCUT2D eigenvalue weighted by Crippen LogP contribution is -2.68. The van der Waals surface area contributed by atoms with Crippen molar-refractivity contribution in [2.45, 2.75) is 235 Å². The van der Waals surface area contributed by atoms with Crippen LogP contribution in [-0.4, -0.2) is 357 Å². The molecule has 20 N–H and O–H groups in total. The molecule has 21 rings (SSSR count). The largest absolute Gasteiger partial charge is 0.394 e. The summed E-state index contributed by atoms with van der Waals surface area (Å²) in [7, 11) is 0. The van der Waals surface area contributed by atoms with E-state index in [1.807, 2.05) is 0 Å². The smallest absolute Gasteiger partial charge is 0.187 e. The lowest BCUT2D eigenvalue weighted by atomic mass is 9.92. The van der Waals surface area contributed by atoms with E-state index >= 15 is 0 Å².